The van der Waals surface area contributed by atoms with Crippen LogP contribution < -0.4 is 5.73 Å². The number of aliphatic carboxylic acids is 1. The highest BCUT2D eigenvalue weighted by atomic mass is 33.1. The Balaban J connectivity index is 4.18. The van der Waals surface area contributed by atoms with Crippen molar-refractivity contribution in [3.8, 4) is 0 Å². The van der Waals surface area contributed by atoms with Crippen molar-refractivity contribution >= 4 is 27.6 Å². The third-order valence-electron chi connectivity index (χ3n) is 1.57. The number of nitrogens with zero attached hydrogens (tertiary/aromatic N) is 3. The second kappa shape index (κ2) is 8.58. The number of carboxylic acids is 1. The van der Waals surface area contributed by atoms with Crippen molar-refractivity contribution in [2.24, 2.45) is 10.8 Å². The van der Waals surface area contributed by atoms with Crippen molar-refractivity contribution in [1.29, 1.82) is 0 Å². The molecule has 0 radical (unpaired) electrons. The summed E-state index contributed by atoms with van der Waals surface area (Å²) >= 11 is 0. The predicted octanol–water partition coefficient (Wildman–Crippen LogP) is 2.26. The third kappa shape index (κ3) is 7.70. The van der Waals surface area contributed by atoms with Crippen LogP contribution in [0.1, 0.15) is 20.3 Å². The van der Waals surface area contributed by atoms with Gasteiger partial charge in [-0.25, -0.2) is 0 Å². The molecule has 6 nitrogen and oxygen atoms in total. The molecule has 2 unspecified atom stereocenters. The fraction of sp³-hybridized carbons (Fsp3) is 0.875. The van der Waals surface area contributed by atoms with E-state index in [1.54, 1.807) is 10.8 Å². The van der Waals surface area contributed by atoms with Gasteiger partial charge in [0.05, 0.1) is 0 Å². The molecule has 0 aliphatic heterocycles. The first-order valence-electron chi connectivity index (χ1n) is 4.78. The van der Waals surface area contributed by atoms with Crippen molar-refractivity contribution in [2.75, 3.05) is 6.54 Å². The number of rotatable bonds is 8. The standard InChI is InChI=1S/C8H16N4O2S2/c1-5(2)15-16-6(4-11-12-10)3-7(9)8(13)14/h5-7H,3-4,9H2,1-2H3,(H,13,14). The van der Waals surface area contributed by atoms with Gasteiger partial charge in [0, 0.05) is 22.0 Å². The highest BCUT2D eigenvalue weighted by molar-refractivity contribution is 8.77. The molecule has 0 saturated heterocycles. The third-order valence-corrected chi connectivity index (χ3v) is 4.98. The smallest absolute Gasteiger partial charge is 0.320 e. The Labute approximate surface area is 102 Å². The van der Waals surface area contributed by atoms with Gasteiger partial charge < -0.3 is 10.8 Å². The molecule has 92 valence electrons. The maximum absolute atomic E-state index is 10.6. The van der Waals surface area contributed by atoms with Crippen LogP contribution in [0.4, 0.5) is 0 Å². The fourth-order valence-electron chi connectivity index (χ4n) is 0.846. The zero-order chi connectivity index (χ0) is 12.6. The molecule has 0 aliphatic rings. The molecule has 0 aliphatic carbocycles. The van der Waals surface area contributed by atoms with Crippen LogP contribution in [0.5, 0.6) is 0 Å². The van der Waals surface area contributed by atoms with E-state index in [2.05, 4.69) is 10.0 Å². The van der Waals surface area contributed by atoms with Crippen LogP contribution in [0.15, 0.2) is 5.11 Å². The van der Waals surface area contributed by atoms with E-state index in [0.29, 0.717) is 11.7 Å². The lowest BCUT2D eigenvalue weighted by Crippen LogP contribution is -2.33. The molecular weight excluding hydrogens is 248 g/mol. The van der Waals surface area contributed by atoms with E-state index in [1.807, 2.05) is 13.8 Å². The number of carboxylic acid groups (broad SMARTS) is 1. The van der Waals surface area contributed by atoms with Gasteiger partial charge in [0.2, 0.25) is 0 Å². The molecule has 0 amide bonds. The van der Waals surface area contributed by atoms with Crippen molar-refractivity contribution in [3.05, 3.63) is 10.4 Å². The summed E-state index contributed by atoms with van der Waals surface area (Å²) in [6, 6.07) is -0.904. The molecule has 0 heterocycles. The highest BCUT2D eigenvalue weighted by Crippen LogP contribution is 2.33. The number of hydrogen-bond donors (Lipinski definition) is 2. The first kappa shape index (κ1) is 15.4. The van der Waals surface area contributed by atoms with Gasteiger partial charge >= 0.3 is 5.97 Å². The molecule has 3 N–H and O–H groups in total. The molecule has 0 aromatic carbocycles. The monoisotopic (exact) mass is 264 g/mol. The minimum atomic E-state index is -1.03. The van der Waals surface area contributed by atoms with Crippen molar-refractivity contribution in [3.63, 3.8) is 0 Å². The van der Waals surface area contributed by atoms with Crippen LogP contribution >= 0.6 is 21.6 Å². The molecular formula is C8H16N4O2S2. The molecule has 2 atom stereocenters. The highest BCUT2D eigenvalue weighted by Gasteiger charge is 2.19. The summed E-state index contributed by atoms with van der Waals surface area (Å²) in [6.45, 7) is 4.35. The Morgan fingerprint density at radius 1 is 1.56 bits per heavy atom. The van der Waals surface area contributed by atoms with Crippen molar-refractivity contribution < 1.29 is 9.90 Å². The van der Waals surface area contributed by atoms with E-state index in [0.717, 1.165) is 0 Å². The van der Waals surface area contributed by atoms with Crippen LogP contribution in [-0.4, -0.2) is 34.2 Å². The van der Waals surface area contributed by atoms with Gasteiger partial charge in [0.1, 0.15) is 6.04 Å². The Morgan fingerprint density at radius 3 is 2.62 bits per heavy atom. The van der Waals surface area contributed by atoms with Crippen LogP contribution in [0, 0.1) is 0 Å². The molecule has 8 heteroatoms. The average Bonchev–Trinajstić information content (AvgIpc) is 2.21. The van der Waals surface area contributed by atoms with Gasteiger partial charge in [-0.2, -0.15) is 0 Å². The second-order valence-electron chi connectivity index (χ2n) is 3.46. The van der Waals surface area contributed by atoms with E-state index in [9.17, 15) is 4.79 Å². The first-order chi connectivity index (χ1) is 7.47. The molecule has 0 aromatic heterocycles. The molecule has 0 spiro atoms. The van der Waals surface area contributed by atoms with Gasteiger partial charge in [0.25, 0.3) is 0 Å². The molecule has 0 fully saturated rings. The quantitative estimate of drug-likeness (QED) is 0.302. The average molecular weight is 264 g/mol. The summed E-state index contributed by atoms with van der Waals surface area (Å²) in [7, 11) is 3.15. The van der Waals surface area contributed by atoms with Gasteiger partial charge in [-0.05, 0) is 12.0 Å². The Morgan fingerprint density at radius 2 is 2.19 bits per heavy atom. The zero-order valence-electron chi connectivity index (χ0n) is 9.24. The van der Waals surface area contributed by atoms with Crippen LogP contribution in [0.25, 0.3) is 10.4 Å². The summed E-state index contributed by atoms with van der Waals surface area (Å²) in [5.74, 6) is -1.03. The summed E-state index contributed by atoms with van der Waals surface area (Å²) in [4.78, 5) is 13.3. The fourth-order valence-corrected chi connectivity index (χ4v) is 3.19. The Kier molecular flexibility index (Phi) is 8.28. The lowest BCUT2D eigenvalue weighted by Gasteiger charge is -2.16. The minimum absolute atomic E-state index is 0.0607. The van der Waals surface area contributed by atoms with E-state index < -0.39 is 12.0 Å². The van der Waals surface area contributed by atoms with E-state index in [-0.39, 0.29) is 11.8 Å². The maximum atomic E-state index is 10.6. The van der Waals surface area contributed by atoms with Crippen molar-refractivity contribution in [1.82, 2.24) is 0 Å². The minimum Gasteiger partial charge on any atom is -0.480 e. The second-order valence-corrected chi connectivity index (χ2v) is 6.61. The molecule has 0 bridgehead atoms. The van der Waals surface area contributed by atoms with Gasteiger partial charge in [-0.3, -0.25) is 4.79 Å². The topological polar surface area (TPSA) is 112 Å². The van der Waals surface area contributed by atoms with E-state index in [4.69, 9.17) is 16.4 Å². The van der Waals surface area contributed by atoms with Gasteiger partial charge in [-0.1, -0.05) is 40.5 Å². The van der Waals surface area contributed by atoms with Crippen molar-refractivity contribution in [2.45, 2.75) is 36.8 Å². The molecule has 16 heavy (non-hydrogen) atoms. The largest absolute Gasteiger partial charge is 0.480 e. The van der Waals surface area contributed by atoms with Crippen LogP contribution in [0.2, 0.25) is 0 Å². The molecule has 0 rings (SSSR count). The Hall–Kier alpha value is -0.560. The number of hydrogen-bond acceptors (Lipinski definition) is 5. The molecule has 0 aromatic rings. The summed E-state index contributed by atoms with van der Waals surface area (Å²) < 4.78 is 0. The van der Waals surface area contributed by atoms with E-state index in [1.165, 1.54) is 10.8 Å². The Bertz CT molecular complexity index is 269. The summed E-state index contributed by atoms with van der Waals surface area (Å²) in [5.41, 5.74) is 13.7. The summed E-state index contributed by atoms with van der Waals surface area (Å²) in [6.07, 6.45) is 0.304. The lowest BCUT2D eigenvalue weighted by atomic mass is 10.2. The van der Waals surface area contributed by atoms with Gasteiger partial charge in [0.15, 0.2) is 0 Å². The predicted molar refractivity (Wildman–Crippen MR) is 68.3 cm³/mol. The first-order valence-corrected chi connectivity index (χ1v) is 7.06. The van der Waals surface area contributed by atoms with Gasteiger partial charge in [-0.15, -0.1) is 0 Å². The van der Waals surface area contributed by atoms with Crippen LogP contribution in [0.3, 0.4) is 0 Å². The number of carbonyl (C=O) groups is 1. The zero-order valence-corrected chi connectivity index (χ0v) is 10.9. The SMILES string of the molecule is CC(C)SSC(CN=[N+]=[N-])CC(N)C(=O)O. The summed E-state index contributed by atoms with van der Waals surface area (Å²) in [5, 5.41) is 12.5. The number of nitrogens with two attached hydrogens (primary N) is 1. The molecule has 0 saturated carbocycles. The maximum Gasteiger partial charge on any atom is 0.320 e. The van der Waals surface area contributed by atoms with E-state index >= 15 is 0 Å². The number of azide groups is 1. The lowest BCUT2D eigenvalue weighted by molar-refractivity contribution is -0.138. The van der Waals surface area contributed by atoms with Crippen LogP contribution in [-0.2, 0) is 4.79 Å². The normalized spacial score (nSPS) is 14.2.